The first-order valence-corrected chi connectivity index (χ1v) is 16.5. The van der Waals surface area contributed by atoms with E-state index in [2.05, 4.69) is 118 Å². The zero-order valence-corrected chi connectivity index (χ0v) is 28.2. The number of benzene rings is 2. The normalized spacial score (nSPS) is 17.9. The molecule has 1 aliphatic carbocycles. The van der Waals surface area contributed by atoms with Gasteiger partial charge in [-0.2, -0.15) is 0 Å². The van der Waals surface area contributed by atoms with Crippen LogP contribution in [-0.2, 0) is 10.2 Å². The Kier molecular flexibility index (Phi) is 7.96. The van der Waals surface area contributed by atoms with Crippen LogP contribution in [0.4, 0.5) is 0 Å². The van der Waals surface area contributed by atoms with Crippen LogP contribution in [0.2, 0.25) is 0 Å². The van der Waals surface area contributed by atoms with Crippen molar-refractivity contribution in [2.24, 2.45) is 5.41 Å². The second-order valence-corrected chi connectivity index (χ2v) is 16.4. The number of rotatable bonds is 4. The van der Waals surface area contributed by atoms with Crippen LogP contribution in [0.15, 0.2) is 81.3 Å². The van der Waals surface area contributed by atoms with Gasteiger partial charge in [-0.1, -0.05) is 93.1 Å². The highest BCUT2D eigenvalue weighted by atomic mass is 32.2. The molecule has 1 aromatic heterocycles. The molecule has 0 saturated heterocycles. The molecule has 0 bridgehead atoms. The quantitative estimate of drug-likeness (QED) is 0.241. The highest BCUT2D eigenvalue weighted by Gasteiger charge is 2.35. The SMILES string of the molecule is CC(C)c1ccc2c(c1)C(=CC1=C(O)C(=Cc3cc(C(C)(C)C)[s+]c4ccc(C(C)C)cc34)C1=O)C=C(C(C)(C)C)S2. The lowest BCUT2D eigenvalue weighted by molar-refractivity contribution is -0.113. The maximum Gasteiger partial charge on any atom is 0.238 e. The monoisotopic (exact) mass is 595 g/mol. The molecule has 2 aliphatic rings. The molecule has 1 aliphatic heterocycles. The average molecular weight is 596 g/mol. The minimum absolute atomic E-state index is 0.0295. The summed E-state index contributed by atoms with van der Waals surface area (Å²) >= 11 is 3.60. The predicted octanol–water partition coefficient (Wildman–Crippen LogP) is 11.6. The van der Waals surface area contributed by atoms with Crippen molar-refractivity contribution >= 4 is 50.6 Å². The predicted molar refractivity (Wildman–Crippen MR) is 184 cm³/mol. The summed E-state index contributed by atoms with van der Waals surface area (Å²) in [6.45, 7) is 22.1. The number of carbonyl (C=O) groups is 1. The first-order valence-electron chi connectivity index (χ1n) is 14.9. The Labute approximate surface area is 260 Å². The second kappa shape index (κ2) is 11.0. The molecular weight excluding hydrogens is 553 g/mol. The number of aliphatic hydroxyl groups is 1. The van der Waals surface area contributed by atoms with Crippen LogP contribution >= 0.6 is 23.1 Å². The average Bonchev–Trinajstić information content (AvgIpc) is 2.92. The van der Waals surface area contributed by atoms with Gasteiger partial charge in [0.2, 0.25) is 26.7 Å². The molecule has 0 fully saturated rings. The summed E-state index contributed by atoms with van der Waals surface area (Å²) in [5, 5.41) is 12.4. The van der Waals surface area contributed by atoms with E-state index in [1.165, 1.54) is 30.5 Å². The maximum atomic E-state index is 13.7. The molecule has 0 saturated carbocycles. The Bertz CT molecular complexity index is 1730. The lowest BCUT2D eigenvalue weighted by atomic mass is 9.83. The molecule has 218 valence electrons. The van der Waals surface area contributed by atoms with Gasteiger partial charge >= 0.3 is 0 Å². The van der Waals surface area contributed by atoms with E-state index in [1.807, 2.05) is 12.2 Å². The molecule has 2 aromatic carbocycles. The molecule has 0 atom stereocenters. The van der Waals surface area contributed by atoms with Gasteiger partial charge in [-0.05, 0) is 86.4 Å². The molecule has 0 radical (unpaired) electrons. The summed E-state index contributed by atoms with van der Waals surface area (Å²) < 4.78 is 1.19. The van der Waals surface area contributed by atoms with Crippen molar-refractivity contribution in [2.45, 2.75) is 91.4 Å². The third-order valence-corrected chi connectivity index (χ3v) is 11.1. The largest absolute Gasteiger partial charge is 0.506 e. The van der Waals surface area contributed by atoms with Crippen LogP contribution in [0, 0.1) is 5.41 Å². The Balaban J connectivity index is 1.65. The van der Waals surface area contributed by atoms with Gasteiger partial charge in [0.1, 0.15) is 5.76 Å². The van der Waals surface area contributed by atoms with Crippen molar-refractivity contribution in [2.75, 3.05) is 0 Å². The molecule has 3 aromatic rings. The fourth-order valence-corrected chi connectivity index (χ4v) is 7.48. The topological polar surface area (TPSA) is 37.3 Å². The van der Waals surface area contributed by atoms with E-state index in [0.717, 1.165) is 22.1 Å². The molecule has 2 nitrogen and oxygen atoms in total. The highest BCUT2D eigenvalue weighted by molar-refractivity contribution is 8.03. The molecule has 1 N–H and O–H groups in total. The summed E-state index contributed by atoms with van der Waals surface area (Å²) in [4.78, 5) is 17.3. The van der Waals surface area contributed by atoms with Crippen LogP contribution < -0.4 is 0 Å². The van der Waals surface area contributed by atoms with E-state index in [0.29, 0.717) is 23.0 Å². The van der Waals surface area contributed by atoms with Crippen molar-refractivity contribution in [3.8, 4) is 0 Å². The first kappa shape index (κ1) is 30.5. The lowest BCUT2D eigenvalue weighted by Crippen LogP contribution is -2.21. The number of thioether (sulfide) groups is 1. The zero-order valence-electron chi connectivity index (χ0n) is 26.6. The van der Waals surface area contributed by atoms with E-state index >= 15 is 0 Å². The van der Waals surface area contributed by atoms with Gasteiger partial charge in [0, 0.05) is 27.8 Å². The number of Topliss-reactive ketones (excluding diaryl/α,β-unsaturated/α-hetero) is 1. The summed E-state index contributed by atoms with van der Waals surface area (Å²) in [6.07, 6.45) is 5.99. The molecule has 0 unspecified atom stereocenters. The number of ketones is 1. The van der Waals surface area contributed by atoms with Gasteiger partial charge in [0.25, 0.3) is 0 Å². The first-order chi connectivity index (χ1) is 19.5. The molecule has 4 heteroatoms. The minimum atomic E-state index is -0.108. The number of aliphatic hydroxyl groups excluding tert-OH is 1. The highest BCUT2D eigenvalue weighted by Crippen LogP contribution is 2.49. The Morgan fingerprint density at radius 1 is 0.833 bits per heavy atom. The van der Waals surface area contributed by atoms with E-state index in [4.69, 9.17) is 0 Å². The van der Waals surface area contributed by atoms with Crippen molar-refractivity contribution in [3.63, 3.8) is 0 Å². The standard InChI is InChI=1S/C38H42O2S2/c1-21(2)23-11-13-31-27(15-23)25(19-33(41-31)37(5,6)7)17-29-35(39)30(36(29)40)18-26-20-34(38(8,9)10)42-32-14-12-24(22(3)4)16-28(26)32/h11-22H,1-10H3/p+1. The van der Waals surface area contributed by atoms with Crippen LogP contribution in [0.25, 0.3) is 21.7 Å². The van der Waals surface area contributed by atoms with E-state index in [-0.39, 0.29) is 22.4 Å². The Morgan fingerprint density at radius 2 is 1.48 bits per heavy atom. The molecule has 0 amide bonds. The van der Waals surface area contributed by atoms with Gasteiger partial charge < -0.3 is 5.11 Å². The third-order valence-electron chi connectivity index (χ3n) is 8.05. The number of fused-ring (bicyclic) bond motifs is 2. The van der Waals surface area contributed by atoms with Crippen molar-refractivity contribution < 1.29 is 9.90 Å². The maximum absolute atomic E-state index is 13.7. The van der Waals surface area contributed by atoms with Gasteiger partial charge in [-0.3, -0.25) is 4.79 Å². The van der Waals surface area contributed by atoms with E-state index in [9.17, 15) is 9.90 Å². The smallest absolute Gasteiger partial charge is 0.238 e. The van der Waals surface area contributed by atoms with E-state index < -0.39 is 0 Å². The van der Waals surface area contributed by atoms with Gasteiger partial charge in [0.15, 0.2) is 0 Å². The molecule has 5 rings (SSSR count). The van der Waals surface area contributed by atoms with Gasteiger partial charge in [0.05, 0.1) is 11.1 Å². The number of allylic oxidation sites excluding steroid dienone is 6. The van der Waals surface area contributed by atoms with Gasteiger partial charge in [-0.15, -0.1) is 0 Å². The lowest BCUT2D eigenvalue weighted by Gasteiger charge is -2.29. The number of hydrogen-bond acceptors (Lipinski definition) is 3. The summed E-state index contributed by atoms with van der Waals surface area (Å²) in [5.74, 6) is 0.773. The molecule has 2 heterocycles. The summed E-state index contributed by atoms with van der Waals surface area (Å²) in [7, 11) is 0. The number of carbonyl (C=O) groups excluding carboxylic acids is 1. The van der Waals surface area contributed by atoms with Crippen molar-refractivity contribution in [1.29, 1.82) is 0 Å². The fourth-order valence-electron chi connectivity index (χ4n) is 5.18. The van der Waals surface area contributed by atoms with Crippen molar-refractivity contribution in [1.82, 2.24) is 0 Å². The van der Waals surface area contributed by atoms with Crippen LogP contribution in [-0.4, -0.2) is 10.9 Å². The summed E-state index contributed by atoms with van der Waals surface area (Å²) in [5.41, 5.74) is 6.32. The van der Waals surface area contributed by atoms with Crippen LogP contribution in [0.1, 0.15) is 108 Å². The number of hydrogen-bond donors (Lipinski definition) is 1. The molecular formula is C38H43O2S2+. The molecule has 0 spiro atoms. The minimum Gasteiger partial charge on any atom is -0.506 e. The van der Waals surface area contributed by atoms with Gasteiger partial charge in [-0.25, -0.2) is 0 Å². The second-order valence-electron chi connectivity index (χ2n) is 14.2. The van der Waals surface area contributed by atoms with E-state index in [1.54, 1.807) is 23.1 Å². The summed E-state index contributed by atoms with van der Waals surface area (Å²) in [6, 6.07) is 15.5. The van der Waals surface area contributed by atoms with Crippen LogP contribution in [0.5, 0.6) is 0 Å². The zero-order chi connectivity index (χ0) is 30.7. The van der Waals surface area contributed by atoms with Crippen LogP contribution in [0.3, 0.4) is 0 Å². The molecule has 42 heavy (non-hydrogen) atoms. The Morgan fingerprint density at radius 3 is 2.07 bits per heavy atom. The fraction of sp³-hybridized carbons (Fsp3) is 0.368. The third kappa shape index (κ3) is 5.81. The Hall–Kier alpha value is -2.95. The van der Waals surface area contributed by atoms with Crippen molar-refractivity contribution in [3.05, 3.63) is 104 Å².